The summed E-state index contributed by atoms with van der Waals surface area (Å²) in [5.74, 6) is 0.219. The summed E-state index contributed by atoms with van der Waals surface area (Å²) in [4.78, 5) is 0.976. The highest BCUT2D eigenvalue weighted by Gasteiger charge is 2.48. The van der Waals surface area contributed by atoms with E-state index in [1.807, 2.05) is 0 Å². The lowest BCUT2D eigenvalue weighted by Crippen LogP contribution is -2.42. The number of benzene rings is 1. The first-order valence-corrected chi connectivity index (χ1v) is 8.54. The first-order valence-electron chi connectivity index (χ1n) is 6.52. The minimum atomic E-state index is -5.37. The van der Waals surface area contributed by atoms with E-state index < -0.39 is 20.2 Å². The van der Waals surface area contributed by atoms with Gasteiger partial charge < -0.3 is 4.90 Å². The van der Waals surface area contributed by atoms with Crippen LogP contribution >= 0.6 is 11.6 Å². The van der Waals surface area contributed by atoms with Crippen molar-refractivity contribution in [2.24, 2.45) is 0 Å². The normalized spacial score (nSPS) is 16.6. The predicted molar refractivity (Wildman–Crippen MR) is 75.4 cm³/mol. The van der Waals surface area contributed by atoms with Crippen molar-refractivity contribution in [2.75, 3.05) is 17.3 Å². The van der Waals surface area contributed by atoms with Crippen LogP contribution in [0.2, 0.25) is 0 Å². The van der Waals surface area contributed by atoms with Crippen LogP contribution in [-0.2, 0) is 9.84 Å². The van der Waals surface area contributed by atoms with Gasteiger partial charge in [-0.25, -0.2) is 8.42 Å². The summed E-state index contributed by atoms with van der Waals surface area (Å²) in [6.07, 6.45) is 2.65. The van der Waals surface area contributed by atoms with Crippen molar-refractivity contribution in [2.45, 2.75) is 35.7 Å². The van der Waals surface area contributed by atoms with E-state index in [9.17, 15) is 21.6 Å². The summed E-state index contributed by atoms with van der Waals surface area (Å²) in [7, 11) is -5.37. The average Bonchev–Trinajstić information content (AvgIpc) is 2.35. The lowest BCUT2D eigenvalue weighted by Gasteiger charge is -2.39. The summed E-state index contributed by atoms with van der Waals surface area (Å²) < 4.78 is 61.9. The molecule has 0 atom stereocenters. The van der Waals surface area contributed by atoms with Gasteiger partial charge in [-0.3, -0.25) is 0 Å². The third-order valence-electron chi connectivity index (χ3n) is 3.61. The predicted octanol–water partition coefficient (Wildman–Crippen LogP) is 3.58. The molecule has 1 saturated carbocycles. The van der Waals surface area contributed by atoms with Gasteiger partial charge in [-0.05, 0) is 31.4 Å². The van der Waals surface area contributed by atoms with Crippen molar-refractivity contribution in [3.05, 3.63) is 24.3 Å². The number of halogens is 4. The van der Waals surface area contributed by atoms with E-state index in [1.165, 1.54) is 18.2 Å². The molecule has 0 spiro atoms. The van der Waals surface area contributed by atoms with Gasteiger partial charge >= 0.3 is 5.51 Å². The molecule has 21 heavy (non-hydrogen) atoms. The Morgan fingerprint density at radius 1 is 1.24 bits per heavy atom. The SMILES string of the molecule is O=S(=O)(c1ccccc1N(CCCl)C1CCC1)C(F)(F)F. The Bertz CT molecular complexity index is 600. The number of sulfone groups is 1. The number of para-hydroxylation sites is 1. The molecule has 0 amide bonds. The first-order chi connectivity index (χ1) is 9.79. The molecule has 0 radical (unpaired) electrons. The van der Waals surface area contributed by atoms with E-state index in [1.54, 1.807) is 4.90 Å². The Balaban J connectivity index is 2.49. The van der Waals surface area contributed by atoms with Crippen molar-refractivity contribution in [3.63, 3.8) is 0 Å². The number of hydrogen-bond acceptors (Lipinski definition) is 3. The minimum Gasteiger partial charge on any atom is -0.366 e. The van der Waals surface area contributed by atoms with Crippen LogP contribution in [0.4, 0.5) is 18.9 Å². The third kappa shape index (κ3) is 3.13. The van der Waals surface area contributed by atoms with Gasteiger partial charge in [-0.2, -0.15) is 13.2 Å². The lowest BCUT2D eigenvalue weighted by molar-refractivity contribution is -0.0435. The number of nitrogens with zero attached hydrogens (tertiary/aromatic N) is 1. The largest absolute Gasteiger partial charge is 0.501 e. The minimum absolute atomic E-state index is 0.0494. The Labute approximate surface area is 126 Å². The Morgan fingerprint density at radius 3 is 2.33 bits per heavy atom. The zero-order valence-electron chi connectivity index (χ0n) is 11.1. The summed E-state index contributed by atoms with van der Waals surface area (Å²) in [6, 6.07) is 5.28. The van der Waals surface area contributed by atoms with Crippen LogP contribution in [0.15, 0.2) is 29.2 Å². The molecule has 0 heterocycles. The van der Waals surface area contributed by atoms with Gasteiger partial charge in [0.25, 0.3) is 9.84 Å². The maximum Gasteiger partial charge on any atom is 0.501 e. The van der Waals surface area contributed by atoms with Crippen LogP contribution in [0.3, 0.4) is 0 Å². The van der Waals surface area contributed by atoms with Gasteiger partial charge in [-0.15, -0.1) is 11.6 Å². The fraction of sp³-hybridized carbons (Fsp3) is 0.538. The van der Waals surface area contributed by atoms with Crippen molar-refractivity contribution in [1.29, 1.82) is 0 Å². The third-order valence-corrected chi connectivity index (χ3v) is 5.31. The molecule has 1 fully saturated rings. The van der Waals surface area contributed by atoms with Crippen LogP contribution in [0.1, 0.15) is 19.3 Å². The fourth-order valence-corrected chi connectivity index (χ4v) is 3.49. The molecule has 1 aliphatic carbocycles. The smallest absolute Gasteiger partial charge is 0.366 e. The number of rotatable bonds is 5. The molecule has 8 heteroatoms. The second kappa shape index (κ2) is 6.04. The van der Waals surface area contributed by atoms with Gasteiger partial charge in [-0.1, -0.05) is 12.1 Å². The molecule has 1 aromatic carbocycles. The van der Waals surface area contributed by atoms with Crippen molar-refractivity contribution < 1.29 is 21.6 Å². The van der Waals surface area contributed by atoms with E-state index >= 15 is 0 Å². The molecule has 0 aromatic heterocycles. The van der Waals surface area contributed by atoms with Crippen LogP contribution in [-0.4, -0.2) is 32.4 Å². The molecular formula is C13H15ClF3NO2S. The van der Waals surface area contributed by atoms with E-state index in [-0.39, 0.29) is 17.6 Å². The zero-order valence-corrected chi connectivity index (χ0v) is 12.7. The molecule has 118 valence electrons. The number of alkyl halides is 4. The summed E-state index contributed by atoms with van der Waals surface area (Å²) in [6.45, 7) is 0.316. The van der Waals surface area contributed by atoms with Crippen LogP contribution < -0.4 is 4.90 Å². The highest BCUT2D eigenvalue weighted by molar-refractivity contribution is 7.92. The van der Waals surface area contributed by atoms with E-state index in [2.05, 4.69) is 0 Å². The molecular weight excluding hydrogens is 327 g/mol. The van der Waals surface area contributed by atoms with Gasteiger partial charge in [0.15, 0.2) is 0 Å². The molecule has 2 rings (SSSR count). The molecule has 0 saturated heterocycles. The Hall–Kier alpha value is -0.950. The summed E-state index contributed by atoms with van der Waals surface area (Å²) in [5, 5.41) is 0. The second-order valence-corrected chi connectivity index (χ2v) is 7.17. The van der Waals surface area contributed by atoms with E-state index in [0.717, 1.165) is 25.3 Å². The molecule has 1 aromatic rings. The highest BCUT2D eigenvalue weighted by atomic mass is 35.5. The topological polar surface area (TPSA) is 37.4 Å². The monoisotopic (exact) mass is 341 g/mol. The highest BCUT2D eigenvalue weighted by Crippen LogP contribution is 2.38. The van der Waals surface area contributed by atoms with Gasteiger partial charge in [0.2, 0.25) is 0 Å². The van der Waals surface area contributed by atoms with Crippen molar-refractivity contribution in [1.82, 2.24) is 0 Å². The molecule has 3 nitrogen and oxygen atoms in total. The maximum absolute atomic E-state index is 12.8. The first kappa shape index (κ1) is 16.4. The zero-order chi connectivity index (χ0) is 15.7. The summed E-state index contributed by atoms with van der Waals surface area (Å²) >= 11 is 5.71. The lowest BCUT2D eigenvalue weighted by atomic mass is 9.91. The molecule has 0 bridgehead atoms. The summed E-state index contributed by atoms with van der Waals surface area (Å²) in [5.41, 5.74) is -5.23. The second-order valence-electron chi connectivity index (χ2n) is 4.88. The quantitative estimate of drug-likeness (QED) is 0.768. The molecule has 0 N–H and O–H groups in total. The van der Waals surface area contributed by atoms with Gasteiger partial charge in [0.05, 0.1) is 10.6 Å². The van der Waals surface area contributed by atoms with E-state index in [4.69, 9.17) is 11.6 Å². The van der Waals surface area contributed by atoms with Crippen LogP contribution in [0.25, 0.3) is 0 Å². The number of anilines is 1. The number of hydrogen-bond donors (Lipinski definition) is 0. The van der Waals surface area contributed by atoms with Crippen LogP contribution in [0, 0.1) is 0 Å². The van der Waals surface area contributed by atoms with Crippen LogP contribution in [0.5, 0.6) is 0 Å². The van der Waals surface area contributed by atoms with Crippen molar-refractivity contribution >= 4 is 27.1 Å². The maximum atomic E-state index is 12.8. The standard InChI is InChI=1S/C13H15ClF3NO2S/c14-8-9-18(10-4-3-5-10)11-6-1-2-7-12(11)21(19,20)13(15,16)17/h1-2,6-7,10H,3-5,8-9H2. The van der Waals surface area contributed by atoms with E-state index in [0.29, 0.717) is 6.54 Å². The Kier molecular flexibility index (Phi) is 4.72. The average molecular weight is 342 g/mol. The molecule has 0 aliphatic heterocycles. The molecule has 1 aliphatic rings. The Morgan fingerprint density at radius 2 is 1.86 bits per heavy atom. The van der Waals surface area contributed by atoms with Gasteiger partial charge in [0, 0.05) is 18.5 Å². The fourth-order valence-electron chi connectivity index (χ4n) is 2.34. The van der Waals surface area contributed by atoms with Gasteiger partial charge in [0.1, 0.15) is 0 Å². The molecule has 0 unspecified atom stereocenters. The van der Waals surface area contributed by atoms with Crippen molar-refractivity contribution in [3.8, 4) is 0 Å².